The van der Waals surface area contributed by atoms with E-state index >= 15 is 0 Å². The normalized spacial score (nSPS) is 22.4. The Bertz CT molecular complexity index is 443. The molecule has 1 unspecified atom stereocenters. The summed E-state index contributed by atoms with van der Waals surface area (Å²) >= 11 is 1.80. The minimum atomic E-state index is -0.588. The highest BCUT2D eigenvalue weighted by molar-refractivity contribution is 14.0. The van der Waals surface area contributed by atoms with Crippen molar-refractivity contribution in [2.45, 2.75) is 18.6 Å². The summed E-state index contributed by atoms with van der Waals surface area (Å²) in [5.41, 5.74) is 0.621. The van der Waals surface area contributed by atoms with Gasteiger partial charge in [-0.2, -0.15) is 11.8 Å². The van der Waals surface area contributed by atoms with Crippen LogP contribution < -0.4 is 10.6 Å². The van der Waals surface area contributed by atoms with Gasteiger partial charge in [0.15, 0.2) is 5.96 Å². The van der Waals surface area contributed by atoms with E-state index in [1.807, 2.05) is 17.8 Å². The van der Waals surface area contributed by atoms with Crippen LogP contribution in [0.25, 0.3) is 0 Å². The third-order valence-electron chi connectivity index (χ3n) is 3.24. The van der Waals surface area contributed by atoms with E-state index in [4.69, 9.17) is 0 Å². The summed E-state index contributed by atoms with van der Waals surface area (Å²) in [6, 6.07) is 2.07. The van der Waals surface area contributed by atoms with Crippen LogP contribution in [0.2, 0.25) is 0 Å². The zero-order valence-corrected chi connectivity index (χ0v) is 15.1. The number of halogens is 1. The van der Waals surface area contributed by atoms with Crippen LogP contribution >= 0.6 is 35.7 Å². The second-order valence-electron chi connectivity index (χ2n) is 4.99. The van der Waals surface area contributed by atoms with Crippen LogP contribution in [0.1, 0.15) is 12.0 Å². The van der Waals surface area contributed by atoms with Gasteiger partial charge in [-0.1, -0.05) is 0 Å². The maximum atomic E-state index is 10.3. The molecule has 0 aromatic carbocycles. The van der Waals surface area contributed by atoms with Gasteiger partial charge in [0.25, 0.3) is 0 Å². The van der Waals surface area contributed by atoms with E-state index in [0.717, 1.165) is 30.4 Å². The number of aromatic nitrogens is 1. The first-order chi connectivity index (χ1) is 9.11. The number of aliphatic imine (C=N–C) groups is 1. The summed E-state index contributed by atoms with van der Waals surface area (Å²) in [5, 5.41) is 16.7. The third kappa shape index (κ3) is 5.17. The van der Waals surface area contributed by atoms with Gasteiger partial charge in [-0.25, -0.2) is 0 Å². The molecule has 2 rings (SSSR count). The van der Waals surface area contributed by atoms with Gasteiger partial charge in [0.2, 0.25) is 0 Å². The summed E-state index contributed by atoms with van der Waals surface area (Å²) < 4.78 is 2.02. The molecule has 3 N–H and O–H groups in total. The molecule has 1 saturated heterocycles. The molecule has 20 heavy (non-hydrogen) atoms. The van der Waals surface area contributed by atoms with Gasteiger partial charge < -0.3 is 20.3 Å². The lowest BCUT2D eigenvalue weighted by Crippen LogP contribution is -2.47. The Balaban J connectivity index is 0.00000200. The molecule has 114 valence electrons. The molecule has 1 aliphatic heterocycles. The van der Waals surface area contributed by atoms with Crippen LogP contribution in [0.15, 0.2) is 23.5 Å². The highest BCUT2D eigenvalue weighted by atomic mass is 127. The number of thioether (sulfide) groups is 1. The zero-order valence-electron chi connectivity index (χ0n) is 11.9. The second-order valence-corrected chi connectivity index (χ2v) is 6.10. The van der Waals surface area contributed by atoms with Crippen molar-refractivity contribution < 1.29 is 5.11 Å². The first-order valence-electron chi connectivity index (χ1n) is 6.47. The molecule has 1 atom stereocenters. The lowest BCUT2D eigenvalue weighted by atomic mass is 10.0. The Morgan fingerprint density at radius 3 is 2.90 bits per heavy atom. The largest absolute Gasteiger partial charge is 0.387 e. The van der Waals surface area contributed by atoms with Crippen molar-refractivity contribution in [1.29, 1.82) is 0 Å². The first kappa shape index (κ1) is 17.6. The fourth-order valence-electron chi connectivity index (χ4n) is 2.06. The number of aryl methyl sites for hydroxylation is 1. The number of hydrogen-bond acceptors (Lipinski definition) is 3. The van der Waals surface area contributed by atoms with Crippen molar-refractivity contribution in [3.8, 4) is 0 Å². The highest BCUT2D eigenvalue weighted by Gasteiger charge is 2.31. The highest BCUT2D eigenvalue weighted by Crippen LogP contribution is 2.26. The summed E-state index contributed by atoms with van der Waals surface area (Å²) in [6.45, 7) is 1.28. The third-order valence-corrected chi connectivity index (χ3v) is 4.48. The van der Waals surface area contributed by atoms with Crippen LogP contribution in [0.3, 0.4) is 0 Å². The number of nitrogens with zero attached hydrogens (tertiary/aromatic N) is 2. The molecule has 7 heteroatoms. The quantitative estimate of drug-likeness (QED) is 0.397. The SMILES string of the molecule is CN=C(NCc1ccn(C)c1)NCC1(O)CCSC1.I. The Labute approximate surface area is 141 Å². The molecule has 5 nitrogen and oxygen atoms in total. The topological polar surface area (TPSA) is 61.6 Å². The van der Waals surface area contributed by atoms with Crippen LogP contribution in [-0.4, -0.2) is 46.3 Å². The fraction of sp³-hybridized carbons (Fsp3) is 0.615. The van der Waals surface area contributed by atoms with E-state index in [-0.39, 0.29) is 24.0 Å². The molecule has 1 fully saturated rings. The molecule has 0 spiro atoms. The predicted octanol–water partition coefficient (Wildman–Crippen LogP) is 1.18. The molecule has 1 aromatic rings. The smallest absolute Gasteiger partial charge is 0.191 e. The van der Waals surface area contributed by atoms with Gasteiger partial charge in [0.1, 0.15) is 0 Å². The van der Waals surface area contributed by atoms with Crippen molar-refractivity contribution in [2.24, 2.45) is 12.0 Å². The zero-order chi connectivity index (χ0) is 13.7. The van der Waals surface area contributed by atoms with Gasteiger partial charge in [-0.15, -0.1) is 24.0 Å². The van der Waals surface area contributed by atoms with Crippen molar-refractivity contribution in [3.05, 3.63) is 24.0 Å². The first-order valence-corrected chi connectivity index (χ1v) is 7.62. The van der Waals surface area contributed by atoms with Crippen LogP contribution in [0.5, 0.6) is 0 Å². The lowest BCUT2D eigenvalue weighted by molar-refractivity contribution is 0.0724. The lowest BCUT2D eigenvalue weighted by Gasteiger charge is -2.23. The van der Waals surface area contributed by atoms with Crippen LogP contribution in [-0.2, 0) is 13.6 Å². The molecular weight excluding hydrogens is 387 g/mol. The van der Waals surface area contributed by atoms with E-state index in [1.54, 1.807) is 18.8 Å². The van der Waals surface area contributed by atoms with E-state index in [0.29, 0.717) is 6.54 Å². The number of aliphatic hydroxyl groups is 1. The van der Waals surface area contributed by atoms with Crippen molar-refractivity contribution in [1.82, 2.24) is 15.2 Å². The van der Waals surface area contributed by atoms with Crippen LogP contribution in [0.4, 0.5) is 0 Å². The van der Waals surface area contributed by atoms with Gasteiger partial charge in [0.05, 0.1) is 5.60 Å². The Morgan fingerprint density at radius 1 is 1.55 bits per heavy atom. The van der Waals surface area contributed by atoms with Crippen molar-refractivity contribution >= 4 is 41.7 Å². The summed E-state index contributed by atoms with van der Waals surface area (Å²) in [7, 11) is 3.75. The number of hydrogen-bond donors (Lipinski definition) is 3. The molecule has 1 aliphatic rings. The van der Waals surface area contributed by atoms with E-state index in [1.165, 1.54) is 5.56 Å². The van der Waals surface area contributed by atoms with E-state index < -0.39 is 5.60 Å². The molecule has 0 radical (unpaired) electrons. The Kier molecular flexibility index (Phi) is 7.18. The molecule has 0 bridgehead atoms. The molecule has 0 saturated carbocycles. The monoisotopic (exact) mass is 410 g/mol. The minimum absolute atomic E-state index is 0. The minimum Gasteiger partial charge on any atom is -0.387 e. The van der Waals surface area contributed by atoms with Crippen molar-refractivity contribution in [3.63, 3.8) is 0 Å². The second kappa shape index (κ2) is 8.14. The Hall–Kier alpha value is -0.410. The number of guanidine groups is 1. The van der Waals surface area contributed by atoms with E-state index in [9.17, 15) is 5.11 Å². The molecular formula is C13H23IN4OS. The van der Waals surface area contributed by atoms with Gasteiger partial charge in [-0.3, -0.25) is 4.99 Å². The fourth-order valence-corrected chi connectivity index (χ4v) is 3.35. The maximum absolute atomic E-state index is 10.3. The standard InChI is InChI=1S/C13H22N4OS.HI/c1-14-12(15-7-11-3-5-17(2)8-11)16-9-13(18)4-6-19-10-13;/h3,5,8,18H,4,6-7,9-10H2,1-2H3,(H2,14,15,16);1H. The molecule has 2 heterocycles. The van der Waals surface area contributed by atoms with Gasteiger partial charge >= 0.3 is 0 Å². The van der Waals surface area contributed by atoms with Gasteiger partial charge in [0, 0.05) is 45.3 Å². The van der Waals surface area contributed by atoms with Crippen molar-refractivity contribution in [2.75, 3.05) is 25.1 Å². The predicted molar refractivity (Wildman–Crippen MR) is 95.9 cm³/mol. The molecule has 1 aromatic heterocycles. The van der Waals surface area contributed by atoms with Gasteiger partial charge in [-0.05, 0) is 23.8 Å². The maximum Gasteiger partial charge on any atom is 0.191 e. The Morgan fingerprint density at radius 2 is 2.35 bits per heavy atom. The molecule has 0 aliphatic carbocycles. The summed E-state index contributed by atoms with van der Waals surface area (Å²) in [4.78, 5) is 4.17. The number of rotatable bonds is 4. The molecule has 0 amide bonds. The summed E-state index contributed by atoms with van der Waals surface area (Å²) in [5.74, 6) is 2.57. The average molecular weight is 410 g/mol. The van der Waals surface area contributed by atoms with Crippen LogP contribution in [0, 0.1) is 0 Å². The summed E-state index contributed by atoms with van der Waals surface area (Å²) in [6.07, 6.45) is 4.94. The number of nitrogens with one attached hydrogen (secondary N) is 2. The average Bonchev–Trinajstić information content (AvgIpc) is 2.99. The van der Waals surface area contributed by atoms with E-state index in [2.05, 4.69) is 27.9 Å².